The third kappa shape index (κ3) is 7.49. The van der Waals surface area contributed by atoms with Gasteiger partial charge in [0.2, 0.25) is 0 Å². The molecule has 0 saturated heterocycles. The molecule has 38 heavy (non-hydrogen) atoms. The highest BCUT2D eigenvalue weighted by atomic mass is 32.2. The van der Waals surface area contributed by atoms with Crippen LogP contribution in [0.5, 0.6) is 11.5 Å². The van der Waals surface area contributed by atoms with Crippen molar-refractivity contribution in [1.82, 2.24) is 0 Å². The Morgan fingerprint density at radius 1 is 0.895 bits per heavy atom. The Kier molecular flexibility index (Phi) is 11.4. The molecule has 5 heteroatoms. The summed E-state index contributed by atoms with van der Waals surface area (Å²) in [5.74, 6) is 1.34. The van der Waals surface area contributed by atoms with Crippen LogP contribution in [0.2, 0.25) is 0 Å². The number of carbonyl (C=O) groups is 1. The summed E-state index contributed by atoms with van der Waals surface area (Å²) in [5.41, 5.74) is 2.03. The van der Waals surface area contributed by atoms with E-state index in [-0.39, 0.29) is 5.41 Å². The molecule has 0 saturated carbocycles. The Balaban J connectivity index is 1.49. The second-order valence-corrected chi connectivity index (χ2v) is 12.6. The van der Waals surface area contributed by atoms with Crippen LogP contribution >= 0.6 is 11.8 Å². The van der Waals surface area contributed by atoms with Crippen molar-refractivity contribution in [2.45, 2.75) is 120 Å². The standard InChI is InChI=1S/C33H48O4S/c1-4-6-21-33(5-2,31(36)37)22-13-11-9-7-8-10-12-14-29-28-20-19-27(35)23-30(28)38-24-32(29,3)25-15-17-26(34)18-16-25/h15-20,23,29,34-35H,4-14,21-22,24H2,1-3H3,(H,36,37)/t29-,32-,33?/m1/s1. The van der Waals surface area contributed by atoms with Gasteiger partial charge >= 0.3 is 5.97 Å². The summed E-state index contributed by atoms with van der Waals surface area (Å²) in [6.45, 7) is 6.51. The molecule has 0 bridgehead atoms. The fourth-order valence-electron chi connectivity index (χ4n) is 6.26. The smallest absolute Gasteiger partial charge is 0.309 e. The lowest BCUT2D eigenvalue weighted by Gasteiger charge is -2.43. The zero-order chi connectivity index (χ0) is 27.6. The SMILES string of the molecule is CCCCC(CC)(CCCCCCCCC[C@@H]1c2ccc(O)cc2SC[C@]1(C)c1ccc(O)cc1)C(=O)O. The summed E-state index contributed by atoms with van der Waals surface area (Å²) in [7, 11) is 0. The molecule has 1 heterocycles. The van der Waals surface area contributed by atoms with Crippen molar-refractivity contribution in [3.05, 3.63) is 53.6 Å². The second kappa shape index (κ2) is 14.3. The van der Waals surface area contributed by atoms with Crippen LogP contribution < -0.4 is 0 Å². The minimum atomic E-state index is -0.606. The Labute approximate surface area is 234 Å². The molecule has 1 unspecified atom stereocenters. The predicted molar refractivity (Wildman–Crippen MR) is 158 cm³/mol. The van der Waals surface area contributed by atoms with Crippen LogP contribution in [0.15, 0.2) is 47.4 Å². The Morgan fingerprint density at radius 3 is 2.13 bits per heavy atom. The lowest BCUT2D eigenvalue weighted by molar-refractivity contribution is -0.150. The highest BCUT2D eigenvalue weighted by Gasteiger charge is 2.41. The van der Waals surface area contributed by atoms with Crippen molar-refractivity contribution in [3.63, 3.8) is 0 Å². The third-order valence-corrected chi connectivity index (χ3v) is 10.4. The van der Waals surface area contributed by atoms with Gasteiger partial charge in [0.1, 0.15) is 11.5 Å². The van der Waals surface area contributed by atoms with E-state index in [0.29, 0.717) is 17.4 Å². The van der Waals surface area contributed by atoms with Gasteiger partial charge in [-0.05, 0) is 67.0 Å². The minimum absolute atomic E-state index is 0.0317. The Bertz CT molecular complexity index is 1020. The molecular weight excluding hydrogens is 492 g/mol. The topological polar surface area (TPSA) is 77.8 Å². The zero-order valence-corrected chi connectivity index (χ0v) is 24.5. The number of hydrogen-bond donors (Lipinski definition) is 3. The molecule has 0 aromatic heterocycles. The van der Waals surface area contributed by atoms with E-state index < -0.39 is 11.4 Å². The number of carboxylic acid groups (broad SMARTS) is 1. The normalized spacial score (nSPS) is 20.6. The minimum Gasteiger partial charge on any atom is -0.508 e. The predicted octanol–water partition coefficient (Wildman–Crippen LogP) is 9.43. The molecule has 3 rings (SSSR count). The molecule has 1 aliphatic heterocycles. The highest BCUT2D eigenvalue weighted by molar-refractivity contribution is 7.99. The number of phenols is 2. The van der Waals surface area contributed by atoms with Gasteiger partial charge in [-0.1, -0.05) is 96.8 Å². The van der Waals surface area contributed by atoms with Gasteiger partial charge in [0.05, 0.1) is 5.41 Å². The van der Waals surface area contributed by atoms with E-state index in [1.807, 2.05) is 30.8 Å². The molecule has 210 valence electrons. The largest absolute Gasteiger partial charge is 0.508 e. The van der Waals surface area contributed by atoms with Gasteiger partial charge in [0.25, 0.3) is 0 Å². The maximum absolute atomic E-state index is 11.9. The van der Waals surface area contributed by atoms with Crippen LogP contribution in [0.4, 0.5) is 0 Å². The van der Waals surface area contributed by atoms with Crippen molar-refractivity contribution < 1.29 is 20.1 Å². The summed E-state index contributed by atoms with van der Waals surface area (Å²) in [6, 6.07) is 13.5. The third-order valence-electron chi connectivity index (χ3n) is 8.98. The van der Waals surface area contributed by atoms with Crippen molar-refractivity contribution in [3.8, 4) is 11.5 Å². The van der Waals surface area contributed by atoms with Gasteiger partial charge in [-0.2, -0.15) is 0 Å². The highest BCUT2D eigenvalue weighted by Crippen LogP contribution is 2.52. The summed E-state index contributed by atoms with van der Waals surface area (Å²) in [6.07, 6.45) is 13.6. The van der Waals surface area contributed by atoms with E-state index in [4.69, 9.17) is 0 Å². The van der Waals surface area contributed by atoms with Crippen LogP contribution in [0, 0.1) is 5.41 Å². The average Bonchev–Trinajstić information content (AvgIpc) is 2.90. The first-order valence-electron chi connectivity index (χ1n) is 14.7. The molecule has 3 atom stereocenters. The summed E-state index contributed by atoms with van der Waals surface area (Å²) in [4.78, 5) is 13.1. The molecule has 2 aromatic rings. The van der Waals surface area contributed by atoms with E-state index in [0.717, 1.165) is 63.5 Å². The first kappa shape index (κ1) is 30.4. The number of unbranched alkanes of at least 4 members (excludes halogenated alkanes) is 7. The lowest BCUT2D eigenvalue weighted by Crippen LogP contribution is -2.36. The van der Waals surface area contributed by atoms with Gasteiger partial charge in [-0.3, -0.25) is 4.79 Å². The van der Waals surface area contributed by atoms with E-state index >= 15 is 0 Å². The fourth-order valence-corrected chi connectivity index (χ4v) is 7.67. The monoisotopic (exact) mass is 540 g/mol. The van der Waals surface area contributed by atoms with Crippen LogP contribution in [-0.2, 0) is 10.2 Å². The number of aromatic hydroxyl groups is 2. The van der Waals surface area contributed by atoms with Crippen LogP contribution in [0.1, 0.15) is 121 Å². The van der Waals surface area contributed by atoms with Crippen LogP contribution in [-0.4, -0.2) is 27.0 Å². The van der Waals surface area contributed by atoms with E-state index in [2.05, 4.69) is 32.0 Å². The number of fused-ring (bicyclic) bond motifs is 1. The van der Waals surface area contributed by atoms with E-state index in [9.17, 15) is 20.1 Å². The number of aliphatic carboxylic acids is 1. The van der Waals surface area contributed by atoms with E-state index in [1.165, 1.54) is 41.7 Å². The average molecular weight is 541 g/mol. The van der Waals surface area contributed by atoms with Crippen molar-refractivity contribution in [2.75, 3.05) is 5.75 Å². The number of phenolic OH excluding ortho intramolecular Hbond substituents is 2. The lowest BCUT2D eigenvalue weighted by atomic mass is 9.68. The molecule has 0 spiro atoms. The van der Waals surface area contributed by atoms with Gasteiger partial charge < -0.3 is 15.3 Å². The molecule has 0 amide bonds. The molecule has 4 nitrogen and oxygen atoms in total. The van der Waals surface area contributed by atoms with Gasteiger partial charge in [-0.25, -0.2) is 0 Å². The number of thioether (sulfide) groups is 1. The first-order valence-corrected chi connectivity index (χ1v) is 15.7. The van der Waals surface area contributed by atoms with Crippen molar-refractivity contribution in [1.29, 1.82) is 0 Å². The Morgan fingerprint density at radius 2 is 1.50 bits per heavy atom. The van der Waals surface area contributed by atoms with Crippen molar-refractivity contribution >= 4 is 17.7 Å². The van der Waals surface area contributed by atoms with Crippen LogP contribution in [0.25, 0.3) is 0 Å². The number of carboxylic acids is 1. The fraction of sp³-hybridized carbons (Fsp3) is 0.606. The molecule has 3 N–H and O–H groups in total. The molecule has 2 aromatic carbocycles. The quantitative estimate of drug-likeness (QED) is 0.185. The Hall–Kier alpha value is -2.14. The first-order chi connectivity index (χ1) is 18.3. The van der Waals surface area contributed by atoms with Crippen molar-refractivity contribution in [2.24, 2.45) is 5.41 Å². The number of hydrogen-bond acceptors (Lipinski definition) is 4. The molecule has 0 fully saturated rings. The number of benzene rings is 2. The number of rotatable bonds is 16. The van der Waals surface area contributed by atoms with Gasteiger partial charge in [0, 0.05) is 16.1 Å². The summed E-state index contributed by atoms with van der Waals surface area (Å²) < 4.78 is 0. The second-order valence-electron chi connectivity index (χ2n) is 11.6. The van der Waals surface area contributed by atoms with E-state index in [1.54, 1.807) is 12.1 Å². The molecule has 0 radical (unpaired) electrons. The molecule has 0 aliphatic carbocycles. The zero-order valence-electron chi connectivity index (χ0n) is 23.7. The van der Waals surface area contributed by atoms with Crippen LogP contribution in [0.3, 0.4) is 0 Å². The molecule has 1 aliphatic rings. The maximum atomic E-state index is 11.9. The summed E-state index contributed by atoms with van der Waals surface area (Å²) in [5, 5.41) is 29.7. The van der Waals surface area contributed by atoms with Gasteiger partial charge in [0.15, 0.2) is 0 Å². The maximum Gasteiger partial charge on any atom is 0.309 e. The molecular formula is C33H48O4S. The summed E-state index contributed by atoms with van der Waals surface area (Å²) >= 11 is 1.82. The van der Waals surface area contributed by atoms with Gasteiger partial charge in [-0.15, -0.1) is 11.8 Å².